The second-order valence-electron chi connectivity index (χ2n) is 2.83. The van der Waals surface area contributed by atoms with Crippen LogP contribution in [0.1, 0.15) is 0 Å². The largest absolute Gasteiger partial charge is 0.491 e. The molecule has 0 aromatic heterocycles. The second-order valence-corrected chi connectivity index (χ2v) is 2.83. The summed E-state index contributed by atoms with van der Waals surface area (Å²) >= 11 is 0. The molecule has 0 fully saturated rings. The van der Waals surface area contributed by atoms with Crippen molar-refractivity contribution < 1.29 is 40.7 Å². The van der Waals surface area contributed by atoms with Gasteiger partial charge in [0.05, 0.1) is 0 Å². The standard InChI is InChI=1S/C6H6.C4F6O3/c1-2-4-6-5-3-1;5-3(6,7)1(11)13-2(12)4(8,9)10/h1-6H;. The molecule has 0 spiro atoms. The lowest BCUT2D eigenvalue weighted by atomic mass is 10.4. The highest BCUT2D eigenvalue weighted by Crippen LogP contribution is 2.21. The van der Waals surface area contributed by atoms with Crippen LogP contribution in [0.2, 0.25) is 0 Å². The van der Waals surface area contributed by atoms with Crippen LogP contribution >= 0.6 is 0 Å². The Morgan fingerprint density at radius 3 is 1.00 bits per heavy atom. The first kappa shape index (κ1) is 16.9. The number of benzene rings is 1. The van der Waals surface area contributed by atoms with Crippen molar-refractivity contribution in [2.75, 3.05) is 0 Å². The van der Waals surface area contributed by atoms with E-state index in [1.54, 1.807) is 0 Å². The lowest BCUT2D eigenvalue weighted by Gasteiger charge is -2.06. The van der Waals surface area contributed by atoms with Crippen molar-refractivity contribution in [1.82, 2.24) is 0 Å². The molecule has 0 radical (unpaired) electrons. The molecule has 0 N–H and O–H groups in total. The predicted molar refractivity (Wildman–Crippen MR) is 49.7 cm³/mol. The van der Waals surface area contributed by atoms with E-state index in [-0.39, 0.29) is 0 Å². The van der Waals surface area contributed by atoms with Crippen LogP contribution in [-0.2, 0) is 14.3 Å². The van der Waals surface area contributed by atoms with E-state index in [0.717, 1.165) is 0 Å². The molecule has 0 saturated heterocycles. The van der Waals surface area contributed by atoms with Gasteiger partial charge in [0, 0.05) is 0 Å². The number of carbonyl (C=O) groups is 2. The van der Waals surface area contributed by atoms with Crippen LogP contribution in [0.4, 0.5) is 26.3 Å². The first-order chi connectivity index (χ1) is 8.55. The van der Waals surface area contributed by atoms with Gasteiger partial charge in [-0.1, -0.05) is 36.4 Å². The number of halogens is 6. The van der Waals surface area contributed by atoms with Crippen LogP contribution in [0.15, 0.2) is 36.4 Å². The minimum Gasteiger partial charge on any atom is -0.380 e. The molecule has 106 valence electrons. The van der Waals surface area contributed by atoms with E-state index in [0.29, 0.717) is 0 Å². The fourth-order valence-electron chi connectivity index (χ4n) is 0.585. The van der Waals surface area contributed by atoms with Gasteiger partial charge < -0.3 is 4.74 Å². The Labute approximate surface area is 102 Å². The predicted octanol–water partition coefficient (Wildman–Crippen LogP) is 2.87. The van der Waals surface area contributed by atoms with Crippen molar-refractivity contribution in [3.63, 3.8) is 0 Å². The van der Waals surface area contributed by atoms with Crippen LogP contribution in [0.5, 0.6) is 0 Å². The van der Waals surface area contributed by atoms with Crippen LogP contribution in [0.3, 0.4) is 0 Å². The minimum absolute atomic E-state index is 2.00. The van der Waals surface area contributed by atoms with Crippen molar-refractivity contribution in [2.45, 2.75) is 12.4 Å². The SMILES string of the molecule is O=C(OC(=O)C(F)(F)F)C(F)(F)F.c1ccccc1. The molecule has 1 rings (SSSR count). The Bertz CT molecular complexity index is 359. The van der Waals surface area contributed by atoms with Crippen molar-refractivity contribution in [3.05, 3.63) is 36.4 Å². The van der Waals surface area contributed by atoms with Crippen LogP contribution in [0.25, 0.3) is 0 Å². The summed E-state index contributed by atoms with van der Waals surface area (Å²) in [6.07, 6.45) is -11.2. The number of hydrogen-bond acceptors (Lipinski definition) is 3. The van der Waals surface area contributed by atoms with E-state index in [9.17, 15) is 35.9 Å². The average molecular weight is 288 g/mol. The van der Waals surface area contributed by atoms with E-state index in [1.807, 2.05) is 36.4 Å². The van der Waals surface area contributed by atoms with Gasteiger partial charge in [-0.25, -0.2) is 9.59 Å². The third kappa shape index (κ3) is 7.79. The molecule has 0 saturated carbocycles. The third-order valence-electron chi connectivity index (χ3n) is 1.31. The van der Waals surface area contributed by atoms with Gasteiger partial charge in [-0.05, 0) is 0 Å². The Kier molecular flexibility index (Phi) is 6.03. The fourth-order valence-corrected chi connectivity index (χ4v) is 0.585. The molecule has 19 heavy (non-hydrogen) atoms. The van der Waals surface area contributed by atoms with E-state index >= 15 is 0 Å². The zero-order chi connectivity index (χ0) is 15.1. The zero-order valence-corrected chi connectivity index (χ0v) is 8.96. The monoisotopic (exact) mass is 288 g/mol. The molecule has 0 atom stereocenters. The molecule has 0 amide bonds. The normalized spacial score (nSPS) is 11.1. The molecular weight excluding hydrogens is 282 g/mol. The number of rotatable bonds is 0. The Morgan fingerprint density at radius 1 is 0.632 bits per heavy atom. The summed E-state index contributed by atoms with van der Waals surface area (Å²) in [5.74, 6) is -6.40. The summed E-state index contributed by atoms with van der Waals surface area (Å²) in [7, 11) is 0. The highest BCUT2D eigenvalue weighted by Gasteiger charge is 2.49. The number of esters is 2. The number of hydrogen-bond donors (Lipinski definition) is 0. The zero-order valence-electron chi connectivity index (χ0n) is 8.96. The summed E-state index contributed by atoms with van der Waals surface area (Å²) in [5, 5.41) is 0. The van der Waals surface area contributed by atoms with Gasteiger partial charge in [0.1, 0.15) is 0 Å². The first-order valence-corrected chi connectivity index (χ1v) is 4.45. The first-order valence-electron chi connectivity index (χ1n) is 4.45. The Morgan fingerprint density at radius 2 is 0.842 bits per heavy atom. The highest BCUT2D eigenvalue weighted by atomic mass is 19.4. The third-order valence-corrected chi connectivity index (χ3v) is 1.31. The smallest absolute Gasteiger partial charge is 0.380 e. The van der Waals surface area contributed by atoms with Crippen LogP contribution in [-0.4, -0.2) is 24.3 Å². The Balaban J connectivity index is 0.000000443. The molecular formula is C10H6F6O3. The van der Waals surface area contributed by atoms with Gasteiger partial charge in [0.25, 0.3) is 0 Å². The average Bonchev–Trinajstić information content (AvgIpc) is 2.29. The van der Waals surface area contributed by atoms with E-state index in [1.165, 1.54) is 0 Å². The molecule has 0 aliphatic heterocycles. The summed E-state index contributed by atoms with van der Waals surface area (Å²) in [6.45, 7) is 0. The lowest BCUT2D eigenvalue weighted by Crippen LogP contribution is -2.34. The van der Waals surface area contributed by atoms with E-state index < -0.39 is 24.3 Å². The van der Waals surface area contributed by atoms with Crippen LogP contribution < -0.4 is 0 Å². The molecule has 0 aliphatic rings. The second kappa shape index (κ2) is 6.76. The molecule has 1 aromatic carbocycles. The summed E-state index contributed by atoms with van der Waals surface area (Å²) < 4.78 is 69.7. The maximum atomic E-state index is 11.2. The van der Waals surface area contributed by atoms with Crippen molar-refractivity contribution in [3.8, 4) is 0 Å². The number of carbonyl (C=O) groups excluding carboxylic acids is 2. The molecule has 0 heterocycles. The molecule has 3 nitrogen and oxygen atoms in total. The van der Waals surface area contributed by atoms with Gasteiger partial charge in [0.2, 0.25) is 0 Å². The summed E-state index contributed by atoms with van der Waals surface area (Å²) in [5.41, 5.74) is 0. The maximum absolute atomic E-state index is 11.2. The quantitative estimate of drug-likeness (QED) is 0.419. The van der Waals surface area contributed by atoms with Crippen molar-refractivity contribution >= 4 is 11.9 Å². The molecule has 0 bridgehead atoms. The maximum Gasteiger partial charge on any atom is 0.491 e. The van der Waals surface area contributed by atoms with Gasteiger partial charge in [0.15, 0.2) is 0 Å². The molecule has 0 unspecified atom stereocenters. The molecule has 9 heteroatoms. The van der Waals surface area contributed by atoms with Gasteiger partial charge in [-0.2, -0.15) is 26.3 Å². The fraction of sp³-hybridized carbons (Fsp3) is 0.200. The number of alkyl halides is 6. The van der Waals surface area contributed by atoms with Gasteiger partial charge in [-0.3, -0.25) is 0 Å². The van der Waals surface area contributed by atoms with Gasteiger partial charge >= 0.3 is 24.3 Å². The minimum atomic E-state index is -5.62. The van der Waals surface area contributed by atoms with E-state index in [4.69, 9.17) is 0 Å². The van der Waals surface area contributed by atoms with E-state index in [2.05, 4.69) is 4.74 Å². The Hall–Kier alpha value is -2.06. The molecule has 0 aliphatic carbocycles. The number of ether oxygens (including phenoxy) is 1. The topological polar surface area (TPSA) is 43.4 Å². The van der Waals surface area contributed by atoms with Crippen molar-refractivity contribution in [1.29, 1.82) is 0 Å². The highest BCUT2D eigenvalue weighted by molar-refractivity contribution is 5.90. The lowest BCUT2D eigenvalue weighted by molar-refractivity contribution is -0.221. The summed E-state index contributed by atoms with van der Waals surface area (Å²) in [6, 6.07) is 12.0. The van der Waals surface area contributed by atoms with Gasteiger partial charge in [-0.15, -0.1) is 0 Å². The molecule has 1 aromatic rings. The van der Waals surface area contributed by atoms with Crippen LogP contribution in [0, 0.1) is 0 Å². The van der Waals surface area contributed by atoms with Crippen molar-refractivity contribution in [2.24, 2.45) is 0 Å². The summed E-state index contributed by atoms with van der Waals surface area (Å²) in [4.78, 5) is 19.3.